The molecule has 1 aromatic heterocycles. The van der Waals surface area contributed by atoms with Gasteiger partial charge in [-0.1, -0.05) is 0 Å². The maximum atomic E-state index is 9.12. The zero-order valence-corrected chi connectivity index (χ0v) is 10.9. The van der Waals surface area contributed by atoms with Gasteiger partial charge in [-0.3, -0.25) is 0 Å². The smallest absolute Gasteiger partial charge is 0.144 e. The Balaban J connectivity index is 2.86. The third-order valence-electron chi connectivity index (χ3n) is 2.41. The molecule has 0 aliphatic carbocycles. The molecule has 1 atom stereocenters. The minimum atomic E-state index is 0.135. The van der Waals surface area contributed by atoms with Gasteiger partial charge in [-0.05, 0) is 39.3 Å². The molecule has 1 rings (SSSR count). The molecule has 4 nitrogen and oxygen atoms in total. The average molecular weight is 233 g/mol. The molecule has 0 fully saturated rings. The Morgan fingerprint density at radius 2 is 2.24 bits per heavy atom. The molecule has 0 radical (unpaired) electrons. The van der Waals surface area contributed by atoms with Gasteiger partial charge in [0.1, 0.15) is 11.9 Å². The van der Waals surface area contributed by atoms with E-state index in [9.17, 15) is 0 Å². The fourth-order valence-corrected chi connectivity index (χ4v) is 1.65. The van der Waals surface area contributed by atoms with Crippen molar-refractivity contribution in [3.8, 4) is 6.07 Å². The van der Waals surface area contributed by atoms with Crippen LogP contribution in [-0.4, -0.2) is 24.2 Å². The first-order valence-electron chi connectivity index (χ1n) is 5.81. The zero-order valence-electron chi connectivity index (χ0n) is 10.9. The first-order valence-corrected chi connectivity index (χ1v) is 5.81. The number of aryl methyl sites for hydroxylation is 2. The van der Waals surface area contributed by atoms with Gasteiger partial charge in [0, 0.05) is 18.3 Å². The molecule has 0 amide bonds. The summed E-state index contributed by atoms with van der Waals surface area (Å²) in [6, 6.07) is 4.24. The van der Waals surface area contributed by atoms with Gasteiger partial charge < -0.3 is 10.1 Å². The van der Waals surface area contributed by atoms with Crippen LogP contribution in [0.25, 0.3) is 0 Å². The van der Waals surface area contributed by atoms with Crippen molar-refractivity contribution in [1.29, 1.82) is 5.26 Å². The van der Waals surface area contributed by atoms with E-state index in [-0.39, 0.29) is 6.04 Å². The van der Waals surface area contributed by atoms with E-state index in [1.54, 1.807) is 0 Å². The number of aromatic nitrogens is 1. The lowest BCUT2D eigenvalue weighted by molar-refractivity contribution is 0.141. The molecule has 0 spiro atoms. The number of hydrogen-bond donors (Lipinski definition) is 1. The highest BCUT2D eigenvalue weighted by atomic mass is 16.5. The summed E-state index contributed by atoms with van der Waals surface area (Å²) in [4.78, 5) is 4.36. The highest BCUT2D eigenvalue weighted by Crippen LogP contribution is 2.18. The van der Waals surface area contributed by atoms with Crippen LogP contribution in [0.3, 0.4) is 0 Å². The lowest BCUT2D eigenvalue weighted by Gasteiger charge is -2.16. The van der Waals surface area contributed by atoms with Crippen molar-refractivity contribution in [1.82, 2.24) is 4.98 Å². The third-order valence-corrected chi connectivity index (χ3v) is 2.41. The van der Waals surface area contributed by atoms with Gasteiger partial charge in [-0.15, -0.1) is 0 Å². The Morgan fingerprint density at radius 1 is 1.53 bits per heavy atom. The van der Waals surface area contributed by atoms with Crippen molar-refractivity contribution in [3.63, 3.8) is 0 Å². The first kappa shape index (κ1) is 13.5. The van der Waals surface area contributed by atoms with Crippen LogP contribution in [0.1, 0.15) is 30.7 Å². The predicted molar refractivity (Wildman–Crippen MR) is 68.0 cm³/mol. The van der Waals surface area contributed by atoms with Crippen LogP contribution in [0.4, 0.5) is 5.82 Å². The third kappa shape index (κ3) is 3.72. The van der Waals surface area contributed by atoms with Crippen molar-refractivity contribution >= 4 is 5.82 Å². The number of ether oxygens (including phenoxy) is 1. The molecule has 0 aliphatic rings. The van der Waals surface area contributed by atoms with Crippen LogP contribution in [0, 0.1) is 25.2 Å². The number of nitriles is 1. The fraction of sp³-hybridized carbons (Fsp3) is 0.538. The zero-order chi connectivity index (χ0) is 12.8. The largest absolute Gasteiger partial charge is 0.380 e. The number of nitrogens with zero attached hydrogens (tertiary/aromatic N) is 2. The van der Waals surface area contributed by atoms with Crippen molar-refractivity contribution in [3.05, 3.63) is 22.9 Å². The summed E-state index contributed by atoms with van der Waals surface area (Å²) in [5.41, 5.74) is 2.47. The molecule has 0 bridgehead atoms. The van der Waals surface area contributed by atoms with Crippen LogP contribution in [0.5, 0.6) is 0 Å². The van der Waals surface area contributed by atoms with Crippen molar-refractivity contribution < 1.29 is 4.74 Å². The highest BCUT2D eigenvalue weighted by Gasteiger charge is 2.10. The van der Waals surface area contributed by atoms with Crippen LogP contribution in [0.2, 0.25) is 0 Å². The van der Waals surface area contributed by atoms with E-state index in [0.29, 0.717) is 24.6 Å². The van der Waals surface area contributed by atoms with E-state index in [4.69, 9.17) is 10.00 Å². The molecule has 1 unspecified atom stereocenters. The van der Waals surface area contributed by atoms with Gasteiger partial charge in [0.2, 0.25) is 0 Å². The van der Waals surface area contributed by atoms with Crippen molar-refractivity contribution in [2.75, 3.05) is 18.5 Å². The standard InChI is InChI=1S/C13H19N3O/c1-5-17-8-11(4)16-13-12(7-14)9(2)6-10(3)15-13/h6,11H,5,8H2,1-4H3,(H,15,16). The van der Waals surface area contributed by atoms with E-state index in [1.807, 2.05) is 33.8 Å². The van der Waals surface area contributed by atoms with Gasteiger partial charge in [-0.2, -0.15) is 5.26 Å². The second kappa shape index (κ2) is 6.21. The van der Waals surface area contributed by atoms with E-state index in [1.165, 1.54) is 0 Å². The van der Waals surface area contributed by atoms with Crippen LogP contribution in [-0.2, 0) is 4.74 Å². The van der Waals surface area contributed by atoms with Gasteiger partial charge >= 0.3 is 0 Å². The van der Waals surface area contributed by atoms with Crippen molar-refractivity contribution in [2.45, 2.75) is 33.7 Å². The number of anilines is 1. The van der Waals surface area contributed by atoms with E-state index in [0.717, 1.165) is 11.3 Å². The monoisotopic (exact) mass is 233 g/mol. The normalized spacial score (nSPS) is 11.9. The second-order valence-electron chi connectivity index (χ2n) is 4.12. The molecule has 1 N–H and O–H groups in total. The topological polar surface area (TPSA) is 57.9 Å². The lowest BCUT2D eigenvalue weighted by Crippen LogP contribution is -2.23. The summed E-state index contributed by atoms with van der Waals surface area (Å²) in [6.45, 7) is 9.12. The molecule has 17 heavy (non-hydrogen) atoms. The molecular weight excluding hydrogens is 214 g/mol. The van der Waals surface area contributed by atoms with Crippen LogP contribution >= 0.6 is 0 Å². The molecule has 1 aromatic rings. The fourth-order valence-electron chi connectivity index (χ4n) is 1.65. The van der Waals surface area contributed by atoms with Gasteiger partial charge in [-0.25, -0.2) is 4.98 Å². The lowest BCUT2D eigenvalue weighted by atomic mass is 10.1. The number of rotatable bonds is 5. The Bertz CT molecular complexity index is 423. The Labute approximate surface area is 103 Å². The van der Waals surface area contributed by atoms with Gasteiger partial charge in [0.15, 0.2) is 0 Å². The molecule has 0 saturated carbocycles. The molecule has 4 heteroatoms. The molecule has 92 valence electrons. The summed E-state index contributed by atoms with van der Waals surface area (Å²) >= 11 is 0. The van der Waals surface area contributed by atoms with Gasteiger partial charge in [0.25, 0.3) is 0 Å². The quantitative estimate of drug-likeness (QED) is 0.848. The number of pyridine rings is 1. The molecule has 0 aromatic carbocycles. The number of nitrogens with one attached hydrogen (secondary N) is 1. The maximum absolute atomic E-state index is 9.12. The van der Waals surface area contributed by atoms with Crippen LogP contribution < -0.4 is 5.32 Å². The molecule has 1 heterocycles. The van der Waals surface area contributed by atoms with Gasteiger partial charge in [0.05, 0.1) is 12.2 Å². The number of hydrogen-bond acceptors (Lipinski definition) is 4. The average Bonchev–Trinajstić information content (AvgIpc) is 2.25. The summed E-state index contributed by atoms with van der Waals surface area (Å²) in [6.07, 6.45) is 0. The summed E-state index contributed by atoms with van der Waals surface area (Å²) in [7, 11) is 0. The minimum Gasteiger partial charge on any atom is -0.380 e. The summed E-state index contributed by atoms with van der Waals surface area (Å²) < 4.78 is 5.33. The van der Waals surface area contributed by atoms with E-state index >= 15 is 0 Å². The van der Waals surface area contributed by atoms with Crippen molar-refractivity contribution in [2.24, 2.45) is 0 Å². The SMILES string of the molecule is CCOCC(C)Nc1nc(C)cc(C)c1C#N. The minimum absolute atomic E-state index is 0.135. The predicted octanol–water partition coefficient (Wildman–Crippen LogP) is 2.41. The highest BCUT2D eigenvalue weighted by molar-refractivity contribution is 5.56. The molecule has 0 aliphatic heterocycles. The molecule has 0 saturated heterocycles. The maximum Gasteiger partial charge on any atom is 0.144 e. The first-order chi connectivity index (χ1) is 8.08. The van der Waals surface area contributed by atoms with E-state index < -0.39 is 0 Å². The summed E-state index contributed by atoms with van der Waals surface area (Å²) in [5.74, 6) is 0.650. The Kier molecular flexibility index (Phi) is 4.92. The van der Waals surface area contributed by atoms with Crippen LogP contribution in [0.15, 0.2) is 6.07 Å². The summed E-state index contributed by atoms with van der Waals surface area (Å²) in [5, 5.41) is 12.3. The Morgan fingerprint density at radius 3 is 2.82 bits per heavy atom. The van der Waals surface area contributed by atoms with E-state index in [2.05, 4.69) is 16.4 Å². The Hall–Kier alpha value is -1.60. The second-order valence-corrected chi connectivity index (χ2v) is 4.12. The molecular formula is C13H19N3O.